The first-order valence-electron chi connectivity index (χ1n) is 10.9. The summed E-state index contributed by atoms with van der Waals surface area (Å²) in [7, 11) is 4.79. The Morgan fingerprint density at radius 1 is 1.00 bits per heavy atom. The fraction of sp³-hybridized carbons (Fsp3) is 0.435. The largest absolute Gasteiger partial charge is 0.494 e. The highest BCUT2D eigenvalue weighted by Gasteiger charge is 2.20. The zero-order valence-electron chi connectivity index (χ0n) is 19.0. The average molecular weight is 459 g/mol. The van der Waals surface area contributed by atoms with Crippen molar-refractivity contribution in [2.45, 2.75) is 31.7 Å². The van der Waals surface area contributed by atoms with E-state index in [9.17, 15) is 8.78 Å². The van der Waals surface area contributed by atoms with Crippen LogP contribution in [0.25, 0.3) is 0 Å². The number of rotatable bonds is 8. The SMILES string of the molecule is COc1cc(OC)c(F)c(CCc2cnc(Nc3cnn(C4CCN(C)CC4)c3)nc2)c1F. The fourth-order valence-corrected chi connectivity index (χ4v) is 3.96. The van der Waals surface area contributed by atoms with E-state index in [1.807, 2.05) is 10.9 Å². The van der Waals surface area contributed by atoms with E-state index in [1.165, 1.54) is 20.3 Å². The summed E-state index contributed by atoms with van der Waals surface area (Å²) < 4.78 is 41.1. The number of anilines is 2. The van der Waals surface area contributed by atoms with Crippen molar-refractivity contribution in [3.63, 3.8) is 0 Å². The highest BCUT2D eigenvalue weighted by atomic mass is 19.1. The van der Waals surface area contributed by atoms with Gasteiger partial charge in [-0.25, -0.2) is 18.7 Å². The minimum atomic E-state index is -0.725. The Bertz CT molecular complexity index is 1050. The second-order valence-corrected chi connectivity index (χ2v) is 8.17. The number of nitrogens with one attached hydrogen (secondary N) is 1. The highest BCUT2D eigenvalue weighted by molar-refractivity contribution is 5.50. The van der Waals surface area contributed by atoms with Crippen LogP contribution in [0.2, 0.25) is 0 Å². The predicted molar refractivity (Wildman–Crippen MR) is 120 cm³/mol. The molecule has 0 spiro atoms. The summed E-state index contributed by atoms with van der Waals surface area (Å²) in [6.45, 7) is 2.13. The number of hydrogen-bond acceptors (Lipinski definition) is 7. The number of halogens is 2. The topological polar surface area (TPSA) is 77.3 Å². The van der Waals surface area contributed by atoms with Crippen molar-refractivity contribution in [1.29, 1.82) is 0 Å². The summed E-state index contributed by atoms with van der Waals surface area (Å²) in [5.41, 5.74) is 1.48. The van der Waals surface area contributed by atoms with E-state index in [4.69, 9.17) is 9.47 Å². The van der Waals surface area contributed by atoms with Gasteiger partial charge in [-0.2, -0.15) is 5.10 Å². The van der Waals surface area contributed by atoms with Crippen molar-refractivity contribution in [2.75, 3.05) is 39.7 Å². The number of piperidine rings is 1. The maximum Gasteiger partial charge on any atom is 0.227 e. The molecular formula is C23H28F2N6O2. The summed E-state index contributed by atoms with van der Waals surface area (Å²) in [5, 5.41) is 7.63. The Labute approximate surface area is 191 Å². The predicted octanol–water partition coefficient (Wildman–Crippen LogP) is 3.76. The van der Waals surface area contributed by atoms with E-state index < -0.39 is 11.6 Å². The monoisotopic (exact) mass is 458 g/mol. The smallest absolute Gasteiger partial charge is 0.227 e. The van der Waals surface area contributed by atoms with Crippen LogP contribution >= 0.6 is 0 Å². The van der Waals surface area contributed by atoms with Crippen LogP contribution in [0.4, 0.5) is 20.4 Å². The van der Waals surface area contributed by atoms with Crippen LogP contribution in [0.15, 0.2) is 30.9 Å². The first-order chi connectivity index (χ1) is 16.0. The van der Waals surface area contributed by atoms with Crippen LogP contribution in [0.1, 0.15) is 30.0 Å². The molecule has 1 N–H and O–H groups in total. The first kappa shape index (κ1) is 22.9. The van der Waals surface area contributed by atoms with Gasteiger partial charge < -0.3 is 19.7 Å². The number of nitrogens with zero attached hydrogens (tertiary/aromatic N) is 5. The molecule has 0 saturated carbocycles. The second-order valence-electron chi connectivity index (χ2n) is 8.17. The van der Waals surface area contributed by atoms with Gasteiger partial charge in [0.05, 0.1) is 32.1 Å². The molecule has 2 aromatic heterocycles. The lowest BCUT2D eigenvalue weighted by Crippen LogP contribution is -2.31. The fourth-order valence-electron chi connectivity index (χ4n) is 3.96. The Balaban J connectivity index is 1.38. The molecule has 1 aliphatic heterocycles. The summed E-state index contributed by atoms with van der Waals surface area (Å²) >= 11 is 0. The van der Waals surface area contributed by atoms with Gasteiger partial charge in [0.2, 0.25) is 5.95 Å². The van der Waals surface area contributed by atoms with Crippen molar-refractivity contribution < 1.29 is 18.3 Å². The minimum Gasteiger partial charge on any atom is -0.494 e. The van der Waals surface area contributed by atoms with E-state index in [-0.39, 0.29) is 23.5 Å². The molecular weight excluding hydrogens is 430 g/mol. The Hall–Kier alpha value is -3.27. The van der Waals surface area contributed by atoms with Gasteiger partial charge in [-0.05, 0) is 51.4 Å². The van der Waals surface area contributed by atoms with Crippen LogP contribution in [-0.4, -0.2) is 59.0 Å². The Kier molecular flexibility index (Phi) is 7.02. The van der Waals surface area contributed by atoms with Gasteiger partial charge in [-0.1, -0.05) is 0 Å². The van der Waals surface area contributed by atoms with Crippen LogP contribution in [0.5, 0.6) is 11.5 Å². The van der Waals surface area contributed by atoms with Crippen molar-refractivity contribution in [3.05, 3.63) is 53.6 Å². The quantitative estimate of drug-likeness (QED) is 0.551. The molecule has 3 heterocycles. The molecule has 10 heteroatoms. The number of ether oxygens (including phenoxy) is 2. The third-order valence-electron chi connectivity index (χ3n) is 5.95. The maximum atomic E-state index is 14.5. The van der Waals surface area contributed by atoms with Gasteiger partial charge in [0.15, 0.2) is 23.1 Å². The molecule has 4 rings (SSSR count). The van der Waals surface area contributed by atoms with E-state index in [0.29, 0.717) is 18.4 Å². The summed E-state index contributed by atoms with van der Waals surface area (Å²) in [4.78, 5) is 11.0. The molecule has 0 atom stereocenters. The molecule has 176 valence electrons. The zero-order chi connectivity index (χ0) is 23.4. The molecule has 1 aliphatic rings. The van der Waals surface area contributed by atoms with Crippen LogP contribution in [0.3, 0.4) is 0 Å². The minimum absolute atomic E-state index is 0.0557. The number of benzene rings is 1. The van der Waals surface area contributed by atoms with Gasteiger partial charge in [0, 0.05) is 30.2 Å². The molecule has 0 amide bonds. The Morgan fingerprint density at radius 3 is 2.24 bits per heavy atom. The zero-order valence-corrected chi connectivity index (χ0v) is 19.0. The lowest BCUT2D eigenvalue weighted by Gasteiger charge is -2.28. The van der Waals surface area contributed by atoms with Crippen LogP contribution in [0, 0.1) is 11.6 Å². The second kappa shape index (κ2) is 10.1. The maximum absolute atomic E-state index is 14.5. The van der Waals surface area contributed by atoms with Crippen molar-refractivity contribution in [1.82, 2.24) is 24.6 Å². The van der Waals surface area contributed by atoms with Gasteiger partial charge in [0.1, 0.15) is 0 Å². The lowest BCUT2D eigenvalue weighted by molar-refractivity contribution is 0.212. The van der Waals surface area contributed by atoms with E-state index in [2.05, 4.69) is 32.3 Å². The number of aryl methyl sites for hydroxylation is 1. The van der Waals surface area contributed by atoms with E-state index in [0.717, 1.165) is 37.2 Å². The molecule has 0 bridgehead atoms. The first-order valence-corrected chi connectivity index (χ1v) is 10.9. The van der Waals surface area contributed by atoms with Gasteiger partial charge >= 0.3 is 0 Å². The van der Waals surface area contributed by atoms with E-state index >= 15 is 0 Å². The average Bonchev–Trinajstić information content (AvgIpc) is 3.29. The number of hydrogen-bond donors (Lipinski definition) is 1. The summed E-state index contributed by atoms with van der Waals surface area (Å²) in [6.07, 6.45) is 9.63. The third kappa shape index (κ3) is 5.22. The molecule has 33 heavy (non-hydrogen) atoms. The van der Waals surface area contributed by atoms with Gasteiger partial charge in [0.25, 0.3) is 0 Å². The van der Waals surface area contributed by atoms with Crippen molar-refractivity contribution in [3.8, 4) is 11.5 Å². The van der Waals surface area contributed by atoms with Crippen molar-refractivity contribution >= 4 is 11.6 Å². The molecule has 3 aromatic rings. The lowest BCUT2D eigenvalue weighted by atomic mass is 10.0. The molecule has 1 fully saturated rings. The van der Waals surface area contributed by atoms with E-state index in [1.54, 1.807) is 18.6 Å². The van der Waals surface area contributed by atoms with Gasteiger partial charge in [-0.15, -0.1) is 0 Å². The number of likely N-dealkylation sites (tertiary alicyclic amines) is 1. The molecule has 0 radical (unpaired) electrons. The Morgan fingerprint density at radius 2 is 1.64 bits per heavy atom. The highest BCUT2D eigenvalue weighted by Crippen LogP contribution is 2.32. The van der Waals surface area contributed by atoms with Gasteiger partial charge in [-0.3, -0.25) is 4.68 Å². The standard InChI is InChI=1S/C23H28F2N6O2/c1-30-8-6-17(7-9-30)31-14-16(13-28-31)29-23-26-11-15(12-27-23)4-5-18-21(24)19(32-2)10-20(33-3)22(18)25/h10-14,17H,4-9H2,1-3H3,(H,26,27,29). The third-order valence-corrected chi connectivity index (χ3v) is 5.95. The molecule has 8 nitrogen and oxygen atoms in total. The number of methoxy groups -OCH3 is 2. The van der Waals surface area contributed by atoms with Crippen LogP contribution in [-0.2, 0) is 12.8 Å². The molecule has 0 unspecified atom stereocenters. The molecule has 1 aromatic carbocycles. The summed E-state index contributed by atoms with van der Waals surface area (Å²) in [5.74, 6) is -1.13. The van der Waals surface area contributed by atoms with Crippen molar-refractivity contribution in [2.24, 2.45) is 0 Å². The normalized spacial score (nSPS) is 14.9. The number of aromatic nitrogens is 4. The summed E-state index contributed by atoms with van der Waals surface area (Å²) in [6, 6.07) is 1.60. The molecule has 0 aliphatic carbocycles. The van der Waals surface area contributed by atoms with Crippen LogP contribution < -0.4 is 14.8 Å². The molecule has 1 saturated heterocycles.